The van der Waals surface area contributed by atoms with E-state index in [1.54, 1.807) is 6.07 Å². The van der Waals surface area contributed by atoms with Crippen molar-refractivity contribution in [1.29, 1.82) is 0 Å². The quantitative estimate of drug-likeness (QED) is 0.677. The Morgan fingerprint density at radius 2 is 2.00 bits per heavy atom. The summed E-state index contributed by atoms with van der Waals surface area (Å²) in [5.41, 5.74) is 3.18. The summed E-state index contributed by atoms with van der Waals surface area (Å²) in [6.45, 7) is 1.91. The minimum absolute atomic E-state index is 0.0298. The van der Waals surface area contributed by atoms with Gasteiger partial charge in [0.25, 0.3) is 0 Å². The maximum Gasteiger partial charge on any atom is 0.228 e. The number of carbonyl (C=O) groups is 1. The van der Waals surface area contributed by atoms with Crippen LogP contribution in [-0.4, -0.2) is 10.9 Å². The number of aromatic amines is 1. The normalized spacial score (nSPS) is 11.0. The number of aryl methyl sites for hydroxylation is 1. The molecule has 0 saturated heterocycles. The highest BCUT2D eigenvalue weighted by atomic mass is 35.5. The lowest BCUT2D eigenvalue weighted by Crippen LogP contribution is -2.14. The number of carbonyl (C=O) groups excluding carboxylic acids is 1. The molecule has 23 heavy (non-hydrogen) atoms. The van der Waals surface area contributed by atoms with Crippen LogP contribution in [0.2, 0.25) is 10.0 Å². The van der Waals surface area contributed by atoms with Crippen LogP contribution in [0.3, 0.4) is 0 Å². The largest absolute Gasteiger partial charge is 0.358 e. The zero-order valence-electron chi connectivity index (χ0n) is 12.2. The van der Waals surface area contributed by atoms with E-state index in [-0.39, 0.29) is 17.4 Å². The van der Waals surface area contributed by atoms with Crippen LogP contribution in [0.5, 0.6) is 0 Å². The van der Waals surface area contributed by atoms with Crippen LogP contribution in [0.1, 0.15) is 11.3 Å². The predicted octanol–water partition coefficient (Wildman–Crippen LogP) is 5.10. The summed E-state index contributed by atoms with van der Waals surface area (Å²) < 4.78 is 13.1. The monoisotopic (exact) mass is 350 g/mol. The van der Waals surface area contributed by atoms with Gasteiger partial charge in [0, 0.05) is 27.3 Å². The summed E-state index contributed by atoms with van der Waals surface area (Å²) in [5, 5.41) is 4.22. The SMILES string of the molecule is Cc1[nH]c2ccc(Cl)cc2c1CC(=O)Nc1ccc(F)c(Cl)c1. The van der Waals surface area contributed by atoms with Crippen LogP contribution in [0.15, 0.2) is 36.4 Å². The Morgan fingerprint density at radius 1 is 1.22 bits per heavy atom. The van der Waals surface area contributed by atoms with Gasteiger partial charge in [-0.25, -0.2) is 4.39 Å². The van der Waals surface area contributed by atoms with E-state index < -0.39 is 5.82 Å². The second-order valence-corrected chi connectivity index (χ2v) is 6.12. The van der Waals surface area contributed by atoms with Gasteiger partial charge in [-0.1, -0.05) is 23.2 Å². The first-order valence-corrected chi connectivity index (χ1v) is 7.71. The van der Waals surface area contributed by atoms with E-state index in [1.807, 2.05) is 19.1 Å². The van der Waals surface area contributed by atoms with E-state index in [4.69, 9.17) is 23.2 Å². The molecule has 3 rings (SSSR count). The summed E-state index contributed by atoms with van der Waals surface area (Å²) in [4.78, 5) is 15.5. The molecule has 0 aliphatic heterocycles. The lowest BCUT2D eigenvalue weighted by atomic mass is 10.1. The molecule has 3 nitrogen and oxygen atoms in total. The van der Waals surface area contributed by atoms with Crippen LogP contribution in [0, 0.1) is 12.7 Å². The van der Waals surface area contributed by atoms with Gasteiger partial charge in [-0.05, 0) is 48.9 Å². The summed E-state index contributed by atoms with van der Waals surface area (Å²) in [6, 6.07) is 9.58. The molecule has 0 unspecified atom stereocenters. The van der Waals surface area contributed by atoms with Crippen LogP contribution in [0.4, 0.5) is 10.1 Å². The van der Waals surface area contributed by atoms with Gasteiger partial charge < -0.3 is 10.3 Å². The first-order valence-electron chi connectivity index (χ1n) is 6.95. The van der Waals surface area contributed by atoms with Gasteiger partial charge >= 0.3 is 0 Å². The molecular weight excluding hydrogens is 338 g/mol. The van der Waals surface area contributed by atoms with Crippen molar-refractivity contribution >= 4 is 45.7 Å². The van der Waals surface area contributed by atoms with Crippen molar-refractivity contribution in [3.05, 3.63) is 63.5 Å². The highest BCUT2D eigenvalue weighted by molar-refractivity contribution is 6.31. The van der Waals surface area contributed by atoms with Crippen molar-refractivity contribution in [2.75, 3.05) is 5.32 Å². The Kier molecular flexibility index (Phi) is 4.28. The fourth-order valence-electron chi connectivity index (χ4n) is 2.52. The molecule has 0 aliphatic carbocycles. The van der Waals surface area contributed by atoms with Crippen LogP contribution >= 0.6 is 23.2 Å². The van der Waals surface area contributed by atoms with E-state index in [2.05, 4.69) is 10.3 Å². The van der Waals surface area contributed by atoms with E-state index >= 15 is 0 Å². The Bertz CT molecular complexity index is 905. The number of anilines is 1. The molecule has 2 aromatic carbocycles. The fourth-order valence-corrected chi connectivity index (χ4v) is 2.87. The van der Waals surface area contributed by atoms with Crippen LogP contribution in [-0.2, 0) is 11.2 Å². The van der Waals surface area contributed by atoms with Gasteiger partial charge in [0.05, 0.1) is 11.4 Å². The molecule has 1 amide bonds. The minimum atomic E-state index is -0.521. The van der Waals surface area contributed by atoms with Crippen molar-refractivity contribution in [1.82, 2.24) is 4.98 Å². The summed E-state index contributed by atoms with van der Waals surface area (Å²) in [5.74, 6) is -0.733. The van der Waals surface area contributed by atoms with Crippen molar-refractivity contribution < 1.29 is 9.18 Å². The van der Waals surface area contributed by atoms with Crippen LogP contribution < -0.4 is 5.32 Å². The number of amides is 1. The Morgan fingerprint density at radius 3 is 2.74 bits per heavy atom. The maximum atomic E-state index is 13.1. The highest BCUT2D eigenvalue weighted by Gasteiger charge is 2.13. The molecule has 6 heteroatoms. The summed E-state index contributed by atoms with van der Waals surface area (Å²) in [6.07, 6.45) is 0.182. The number of nitrogens with one attached hydrogen (secondary N) is 2. The molecule has 2 N–H and O–H groups in total. The Hall–Kier alpha value is -2.04. The molecule has 0 bridgehead atoms. The number of H-pyrrole nitrogens is 1. The number of aromatic nitrogens is 1. The zero-order valence-corrected chi connectivity index (χ0v) is 13.7. The Labute approximate surface area is 142 Å². The molecule has 3 aromatic rings. The number of fused-ring (bicyclic) bond motifs is 1. The van der Waals surface area contributed by atoms with Gasteiger partial charge in [-0.2, -0.15) is 0 Å². The van der Waals surface area contributed by atoms with Gasteiger partial charge in [0.2, 0.25) is 5.91 Å². The smallest absolute Gasteiger partial charge is 0.228 e. The average Bonchev–Trinajstić information content (AvgIpc) is 2.79. The topological polar surface area (TPSA) is 44.9 Å². The third-order valence-electron chi connectivity index (χ3n) is 3.62. The average molecular weight is 351 g/mol. The van der Waals surface area contributed by atoms with Crippen LogP contribution in [0.25, 0.3) is 10.9 Å². The van der Waals surface area contributed by atoms with E-state index in [9.17, 15) is 9.18 Å². The zero-order chi connectivity index (χ0) is 16.6. The third kappa shape index (κ3) is 3.33. The molecule has 0 radical (unpaired) electrons. The van der Waals surface area contributed by atoms with E-state index in [0.29, 0.717) is 10.7 Å². The summed E-state index contributed by atoms with van der Waals surface area (Å²) in [7, 11) is 0. The lowest BCUT2D eigenvalue weighted by molar-refractivity contribution is -0.115. The molecule has 0 atom stereocenters. The van der Waals surface area contributed by atoms with Crippen molar-refractivity contribution in [3.63, 3.8) is 0 Å². The molecular formula is C17H13Cl2FN2O. The van der Waals surface area contributed by atoms with Crippen molar-refractivity contribution in [2.24, 2.45) is 0 Å². The molecule has 0 spiro atoms. The third-order valence-corrected chi connectivity index (χ3v) is 4.15. The molecule has 0 aliphatic rings. The Balaban J connectivity index is 1.84. The molecule has 118 valence electrons. The molecule has 1 aromatic heterocycles. The van der Waals surface area contributed by atoms with E-state index in [0.717, 1.165) is 22.2 Å². The first-order chi connectivity index (χ1) is 10.9. The number of rotatable bonds is 3. The molecule has 1 heterocycles. The highest BCUT2D eigenvalue weighted by Crippen LogP contribution is 2.26. The number of hydrogen-bond acceptors (Lipinski definition) is 1. The number of hydrogen-bond donors (Lipinski definition) is 2. The standard InChI is InChI=1S/C17H13Cl2FN2O/c1-9-12(13-6-10(18)2-5-16(13)21-9)8-17(23)22-11-3-4-15(20)14(19)7-11/h2-7,21H,8H2,1H3,(H,22,23). The minimum Gasteiger partial charge on any atom is -0.358 e. The second kappa shape index (κ2) is 6.22. The summed E-state index contributed by atoms with van der Waals surface area (Å²) >= 11 is 11.7. The predicted molar refractivity (Wildman–Crippen MR) is 91.8 cm³/mol. The van der Waals surface area contributed by atoms with Crippen molar-refractivity contribution in [2.45, 2.75) is 13.3 Å². The molecule has 0 saturated carbocycles. The van der Waals surface area contributed by atoms with Gasteiger partial charge in [-0.15, -0.1) is 0 Å². The van der Waals surface area contributed by atoms with Crippen molar-refractivity contribution in [3.8, 4) is 0 Å². The fraction of sp³-hybridized carbons (Fsp3) is 0.118. The van der Waals surface area contributed by atoms with Gasteiger partial charge in [0.1, 0.15) is 5.82 Å². The maximum absolute atomic E-state index is 13.1. The second-order valence-electron chi connectivity index (χ2n) is 5.27. The lowest BCUT2D eigenvalue weighted by Gasteiger charge is -2.06. The molecule has 0 fully saturated rings. The number of benzene rings is 2. The van der Waals surface area contributed by atoms with E-state index in [1.165, 1.54) is 18.2 Å². The first kappa shape index (κ1) is 15.8. The van der Waals surface area contributed by atoms with Gasteiger partial charge in [0.15, 0.2) is 0 Å². The van der Waals surface area contributed by atoms with Gasteiger partial charge in [-0.3, -0.25) is 4.79 Å². The number of halogens is 3.